The third-order valence-electron chi connectivity index (χ3n) is 5.38. The highest BCUT2D eigenvalue weighted by atomic mass is 16.5. The first kappa shape index (κ1) is 27.8. The molecule has 0 unspecified atom stereocenters. The minimum absolute atomic E-state index is 0.0241. The van der Waals surface area contributed by atoms with E-state index in [-0.39, 0.29) is 25.0 Å². The molecule has 0 aromatic heterocycles. The molecule has 1 saturated heterocycles. The molecule has 2 amide bonds. The SMILES string of the molecule is CC(=O)N1CCN(C(=O)C(C)(C)N)CCCCOC[C@@H](O)[C@@H](O)[C@H](OCCC(C)C)C1. The van der Waals surface area contributed by atoms with Crippen molar-refractivity contribution >= 4 is 11.8 Å². The zero-order valence-electron chi connectivity index (χ0n) is 19.9. The van der Waals surface area contributed by atoms with E-state index in [0.29, 0.717) is 51.6 Å². The molecule has 0 aromatic rings. The summed E-state index contributed by atoms with van der Waals surface area (Å²) in [6, 6.07) is 0. The van der Waals surface area contributed by atoms with E-state index in [1.54, 1.807) is 23.6 Å². The highest BCUT2D eigenvalue weighted by Gasteiger charge is 2.32. The zero-order chi connectivity index (χ0) is 23.6. The van der Waals surface area contributed by atoms with Crippen molar-refractivity contribution in [3.63, 3.8) is 0 Å². The van der Waals surface area contributed by atoms with E-state index < -0.39 is 23.9 Å². The third-order valence-corrected chi connectivity index (χ3v) is 5.38. The quantitative estimate of drug-likeness (QED) is 0.558. The second-order valence-corrected chi connectivity index (χ2v) is 9.41. The van der Waals surface area contributed by atoms with E-state index in [1.165, 1.54) is 6.92 Å². The molecule has 0 bridgehead atoms. The Morgan fingerprint density at radius 3 is 2.39 bits per heavy atom. The minimum atomic E-state index is -1.20. The first-order valence-corrected chi connectivity index (χ1v) is 11.3. The van der Waals surface area contributed by atoms with Gasteiger partial charge < -0.3 is 35.2 Å². The molecule has 1 aliphatic heterocycles. The summed E-state index contributed by atoms with van der Waals surface area (Å²) in [6.45, 7) is 11.0. The number of carbonyl (C=O) groups is 2. The van der Waals surface area contributed by atoms with Crippen LogP contribution >= 0.6 is 0 Å². The fourth-order valence-corrected chi connectivity index (χ4v) is 3.33. The van der Waals surface area contributed by atoms with Crippen molar-refractivity contribution in [1.29, 1.82) is 0 Å². The van der Waals surface area contributed by atoms with Crippen LogP contribution in [0.2, 0.25) is 0 Å². The molecule has 0 spiro atoms. The number of nitrogens with zero attached hydrogens (tertiary/aromatic N) is 2. The maximum atomic E-state index is 12.8. The fraction of sp³-hybridized carbons (Fsp3) is 0.909. The Hall–Kier alpha value is -1.26. The van der Waals surface area contributed by atoms with E-state index in [9.17, 15) is 19.8 Å². The summed E-state index contributed by atoms with van der Waals surface area (Å²) in [5, 5.41) is 21.1. The molecule has 1 heterocycles. The lowest BCUT2D eigenvalue weighted by Gasteiger charge is -2.35. The smallest absolute Gasteiger partial charge is 0.242 e. The molecule has 0 radical (unpaired) electrons. The molecule has 0 aliphatic carbocycles. The summed E-state index contributed by atoms with van der Waals surface area (Å²) in [5.74, 6) is 0.0538. The zero-order valence-corrected chi connectivity index (χ0v) is 19.9. The summed E-state index contributed by atoms with van der Waals surface area (Å²) in [6.07, 6.45) is -0.873. The number of amides is 2. The van der Waals surface area contributed by atoms with Gasteiger partial charge in [0.05, 0.1) is 12.1 Å². The monoisotopic (exact) mass is 445 g/mol. The Kier molecular flexibility index (Phi) is 11.9. The van der Waals surface area contributed by atoms with Crippen molar-refractivity contribution < 1.29 is 29.3 Å². The number of nitrogens with two attached hydrogens (primary N) is 1. The van der Waals surface area contributed by atoms with Gasteiger partial charge in [0, 0.05) is 46.3 Å². The van der Waals surface area contributed by atoms with Crippen LogP contribution < -0.4 is 5.73 Å². The topological polar surface area (TPSA) is 126 Å². The Morgan fingerprint density at radius 2 is 1.81 bits per heavy atom. The normalized spacial score (nSPS) is 25.4. The van der Waals surface area contributed by atoms with Crippen molar-refractivity contribution in [2.75, 3.05) is 46.0 Å². The van der Waals surface area contributed by atoms with Crippen LogP contribution in [-0.2, 0) is 19.1 Å². The predicted molar refractivity (Wildman–Crippen MR) is 118 cm³/mol. The average molecular weight is 446 g/mol. The van der Waals surface area contributed by atoms with Crippen LogP contribution in [0.3, 0.4) is 0 Å². The van der Waals surface area contributed by atoms with E-state index in [1.807, 2.05) is 0 Å². The first-order valence-electron chi connectivity index (χ1n) is 11.3. The molecule has 1 aliphatic rings. The molecular formula is C22H43N3O6. The summed E-state index contributed by atoms with van der Waals surface area (Å²) >= 11 is 0. The van der Waals surface area contributed by atoms with Gasteiger partial charge in [0.2, 0.25) is 11.8 Å². The van der Waals surface area contributed by atoms with E-state index in [2.05, 4.69) is 13.8 Å². The van der Waals surface area contributed by atoms with E-state index >= 15 is 0 Å². The van der Waals surface area contributed by atoms with Crippen LogP contribution in [0.15, 0.2) is 0 Å². The lowest BCUT2D eigenvalue weighted by molar-refractivity contribution is -0.143. The summed E-state index contributed by atoms with van der Waals surface area (Å²) in [7, 11) is 0. The Labute approximate surface area is 186 Å². The minimum Gasteiger partial charge on any atom is -0.388 e. The summed E-state index contributed by atoms with van der Waals surface area (Å²) < 4.78 is 11.4. The average Bonchev–Trinajstić information content (AvgIpc) is 2.67. The van der Waals surface area contributed by atoms with Gasteiger partial charge >= 0.3 is 0 Å². The molecule has 3 atom stereocenters. The van der Waals surface area contributed by atoms with Gasteiger partial charge in [-0.05, 0) is 39.0 Å². The predicted octanol–water partition coefficient (Wildman–Crippen LogP) is 0.364. The van der Waals surface area contributed by atoms with Crippen LogP contribution in [0.25, 0.3) is 0 Å². The van der Waals surface area contributed by atoms with Crippen LogP contribution in [0, 0.1) is 5.92 Å². The van der Waals surface area contributed by atoms with Crippen molar-refractivity contribution in [1.82, 2.24) is 9.80 Å². The Balaban J connectivity index is 3.01. The van der Waals surface area contributed by atoms with Crippen molar-refractivity contribution in [2.45, 2.75) is 77.7 Å². The first-order chi connectivity index (χ1) is 14.4. The van der Waals surface area contributed by atoms with Gasteiger partial charge in [-0.15, -0.1) is 0 Å². The second kappa shape index (κ2) is 13.3. The second-order valence-electron chi connectivity index (χ2n) is 9.41. The fourth-order valence-electron chi connectivity index (χ4n) is 3.33. The molecule has 0 saturated carbocycles. The lowest BCUT2D eigenvalue weighted by atomic mass is 10.0. The summed E-state index contributed by atoms with van der Waals surface area (Å²) in [4.78, 5) is 28.3. The van der Waals surface area contributed by atoms with Gasteiger partial charge in [-0.1, -0.05) is 13.8 Å². The number of aliphatic hydroxyl groups is 2. The van der Waals surface area contributed by atoms with Gasteiger partial charge in [0.25, 0.3) is 0 Å². The maximum absolute atomic E-state index is 12.8. The third kappa shape index (κ3) is 10.3. The molecule has 9 nitrogen and oxygen atoms in total. The maximum Gasteiger partial charge on any atom is 0.242 e. The van der Waals surface area contributed by atoms with Crippen molar-refractivity contribution in [2.24, 2.45) is 11.7 Å². The molecule has 31 heavy (non-hydrogen) atoms. The van der Waals surface area contributed by atoms with Crippen LogP contribution in [0.4, 0.5) is 0 Å². The molecule has 0 aromatic carbocycles. The standard InChI is InChI=1S/C22H43N3O6/c1-16(2)8-13-31-19-14-25(17(3)26)11-10-24(21(29)22(4,5)23)9-6-7-12-30-15-18(27)20(19)28/h16,18-20,27-28H,6-15,23H2,1-5H3/t18-,19-,20-/m1/s1. The van der Waals surface area contributed by atoms with Crippen LogP contribution in [-0.4, -0.2) is 102 Å². The molecule has 1 fully saturated rings. The van der Waals surface area contributed by atoms with Crippen molar-refractivity contribution in [3.05, 3.63) is 0 Å². The van der Waals surface area contributed by atoms with Gasteiger partial charge in [-0.25, -0.2) is 0 Å². The number of aliphatic hydroxyl groups excluding tert-OH is 2. The number of carbonyl (C=O) groups excluding carboxylic acids is 2. The van der Waals surface area contributed by atoms with Crippen molar-refractivity contribution in [3.8, 4) is 0 Å². The van der Waals surface area contributed by atoms with Gasteiger partial charge in [-0.2, -0.15) is 0 Å². The highest BCUT2D eigenvalue weighted by molar-refractivity contribution is 5.85. The largest absolute Gasteiger partial charge is 0.388 e. The summed E-state index contributed by atoms with van der Waals surface area (Å²) in [5.41, 5.74) is 5.02. The molecular weight excluding hydrogens is 402 g/mol. The van der Waals surface area contributed by atoms with Gasteiger partial charge in [-0.3, -0.25) is 9.59 Å². The van der Waals surface area contributed by atoms with E-state index in [0.717, 1.165) is 6.42 Å². The van der Waals surface area contributed by atoms with E-state index in [4.69, 9.17) is 15.2 Å². The Bertz CT molecular complexity index is 552. The molecule has 4 N–H and O–H groups in total. The number of rotatable bonds is 5. The Morgan fingerprint density at radius 1 is 1.16 bits per heavy atom. The number of hydrogen-bond donors (Lipinski definition) is 3. The van der Waals surface area contributed by atoms with Crippen LogP contribution in [0.1, 0.15) is 53.9 Å². The molecule has 9 heteroatoms. The highest BCUT2D eigenvalue weighted by Crippen LogP contribution is 2.13. The number of hydrogen-bond acceptors (Lipinski definition) is 7. The number of ether oxygens (including phenoxy) is 2. The lowest BCUT2D eigenvalue weighted by Crippen LogP contribution is -2.54. The molecule has 182 valence electrons. The molecule has 1 rings (SSSR count). The van der Waals surface area contributed by atoms with Gasteiger partial charge in [0.1, 0.15) is 18.3 Å². The van der Waals surface area contributed by atoms with Gasteiger partial charge in [0.15, 0.2) is 0 Å². The van der Waals surface area contributed by atoms with Crippen LogP contribution in [0.5, 0.6) is 0 Å².